The highest BCUT2D eigenvalue weighted by atomic mass is 19.2. The van der Waals surface area contributed by atoms with Crippen molar-refractivity contribution < 1.29 is 22.8 Å². The van der Waals surface area contributed by atoms with Crippen LogP contribution in [0.15, 0.2) is 66.7 Å². The zero-order valence-electron chi connectivity index (χ0n) is 16.5. The predicted molar refractivity (Wildman–Crippen MR) is 110 cm³/mol. The first-order valence-electron chi connectivity index (χ1n) is 9.83. The summed E-state index contributed by atoms with van der Waals surface area (Å²) in [7, 11) is 0. The summed E-state index contributed by atoms with van der Waals surface area (Å²) in [6, 6.07) is 18.8. The number of nitrogens with zero attached hydrogens (tertiary/aromatic N) is 2. The lowest BCUT2D eigenvalue weighted by atomic mass is 10.0. The number of amides is 2. The van der Waals surface area contributed by atoms with Crippen LogP contribution in [0.2, 0.25) is 0 Å². The third kappa shape index (κ3) is 4.17. The van der Waals surface area contributed by atoms with E-state index in [0.717, 1.165) is 23.3 Å². The Kier molecular flexibility index (Phi) is 5.75. The summed E-state index contributed by atoms with van der Waals surface area (Å²) in [5, 5.41) is 0. The van der Waals surface area contributed by atoms with Crippen molar-refractivity contribution in [2.75, 3.05) is 26.2 Å². The van der Waals surface area contributed by atoms with Crippen LogP contribution in [-0.2, 0) is 0 Å². The monoisotopic (exact) mass is 424 g/mol. The zero-order valence-corrected chi connectivity index (χ0v) is 16.5. The van der Waals surface area contributed by atoms with Gasteiger partial charge in [-0.2, -0.15) is 0 Å². The van der Waals surface area contributed by atoms with Crippen molar-refractivity contribution in [3.05, 3.63) is 95.3 Å². The summed E-state index contributed by atoms with van der Waals surface area (Å²) >= 11 is 0. The van der Waals surface area contributed by atoms with Gasteiger partial charge in [-0.15, -0.1) is 0 Å². The number of carbonyl (C=O) groups is 2. The van der Waals surface area contributed by atoms with E-state index in [0.29, 0.717) is 5.56 Å². The van der Waals surface area contributed by atoms with Crippen molar-refractivity contribution in [2.45, 2.75) is 0 Å². The normalized spacial score (nSPS) is 13.9. The average molecular weight is 424 g/mol. The molecule has 0 spiro atoms. The van der Waals surface area contributed by atoms with Crippen molar-refractivity contribution in [3.63, 3.8) is 0 Å². The van der Waals surface area contributed by atoms with Crippen molar-refractivity contribution in [1.29, 1.82) is 0 Å². The molecule has 1 saturated heterocycles. The molecule has 3 aromatic carbocycles. The maximum absolute atomic E-state index is 13.9. The Morgan fingerprint density at radius 1 is 0.613 bits per heavy atom. The average Bonchev–Trinajstić information content (AvgIpc) is 2.82. The molecule has 1 fully saturated rings. The molecule has 1 aliphatic rings. The van der Waals surface area contributed by atoms with Gasteiger partial charge >= 0.3 is 0 Å². The lowest BCUT2D eigenvalue weighted by molar-refractivity contribution is 0.0532. The summed E-state index contributed by atoms with van der Waals surface area (Å²) in [4.78, 5) is 28.2. The lowest BCUT2D eigenvalue weighted by Crippen LogP contribution is -2.50. The fourth-order valence-electron chi connectivity index (χ4n) is 3.59. The van der Waals surface area contributed by atoms with E-state index in [1.807, 2.05) is 42.5 Å². The van der Waals surface area contributed by atoms with Gasteiger partial charge < -0.3 is 9.80 Å². The number of halogens is 3. The van der Waals surface area contributed by atoms with Crippen LogP contribution >= 0.6 is 0 Å². The molecular weight excluding hydrogens is 405 g/mol. The first-order valence-corrected chi connectivity index (χ1v) is 9.83. The molecule has 4 nitrogen and oxygen atoms in total. The van der Waals surface area contributed by atoms with Crippen LogP contribution in [-0.4, -0.2) is 47.8 Å². The molecule has 0 atom stereocenters. The number of piperazine rings is 1. The molecule has 2 amide bonds. The molecular formula is C24H19F3N2O2. The Hall–Kier alpha value is -3.61. The third-order valence-electron chi connectivity index (χ3n) is 5.36. The third-order valence-corrected chi connectivity index (χ3v) is 5.36. The van der Waals surface area contributed by atoms with Crippen LogP contribution in [0.5, 0.6) is 0 Å². The van der Waals surface area contributed by atoms with Crippen molar-refractivity contribution >= 4 is 11.8 Å². The Morgan fingerprint density at radius 2 is 1.16 bits per heavy atom. The van der Waals surface area contributed by atoms with Gasteiger partial charge in [0.25, 0.3) is 11.8 Å². The zero-order chi connectivity index (χ0) is 22.0. The smallest absolute Gasteiger partial charge is 0.257 e. The van der Waals surface area contributed by atoms with Crippen LogP contribution in [0, 0.1) is 17.5 Å². The summed E-state index contributed by atoms with van der Waals surface area (Å²) in [6.07, 6.45) is 0. The van der Waals surface area contributed by atoms with E-state index in [9.17, 15) is 22.8 Å². The van der Waals surface area contributed by atoms with Crippen LogP contribution in [0.3, 0.4) is 0 Å². The number of rotatable bonds is 3. The summed E-state index contributed by atoms with van der Waals surface area (Å²) in [5.41, 5.74) is 2.07. The number of carbonyl (C=O) groups excluding carboxylic acids is 2. The van der Waals surface area contributed by atoms with Crippen molar-refractivity contribution in [1.82, 2.24) is 9.80 Å². The first-order chi connectivity index (χ1) is 15.0. The predicted octanol–water partition coefficient (Wildman–Crippen LogP) is 4.37. The Morgan fingerprint density at radius 3 is 1.77 bits per heavy atom. The summed E-state index contributed by atoms with van der Waals surface area (Å²) in [5.74, 6) is -5.40. The second-order valence-corrected chi connectivity index (χ2v) is 7.25. The molecule has 0 aliphatic carbocycles. The fraction of sp³-hybridized carbons (Fsp3) is 0.167. The van der Waals surface area contributed by atoms with Crippen molar-refractivity contribution in [3.8, 4) is 11.1 Å². The van der Waals surface area contributed by atoms with Gasteiger partial charge in [-0.05, 0) is 35.4 Å². The molecule has 0 unspecified atom stereocenters. The van der Waals surface area contributed by atoms with Gasteiger partial charge in [0.1, 0.15) is 0 Å². The van der Waals surface area contributed by atoms with E-state index in [4.69, 9.17) is 0 Å². The maximum atomic E-state index is 13.9. The van der Waals surface area contributed by atoms with Crippen molar-refractivity contribution in [2.24, 2.45) is 0 Å². The van der Waals surface area contributed by atoms with Crippen LogP contribution in [0.1, 0.15) is 20.7 Å². The van der Waals surface area contributed by atoms with Crippen LogP contribution < -0.4 is 0 Å². The van der Waals surface area contributed by atoms with Gasteiger partial charge in [0.15, 0.2) is 17.5 Å². The second kappa shape index (κ2) is 8.63. The standard InChI is InChI=1S/C24H19F3N2O2/c25-20-11-10-19(21(26)22(20)27)24(31)29-14-12-28(13-15-29)23(30)18-8-6-17(7-9-18)16-4-2-1-3-5-16/h1-11H,12-15H2. The highest BCUT2D eigenvalue weighted by Gasteiger charge is 2.28. The Balaban J connectivity index is 1.40. The topological polar surface area (TPSA) is 40.6 Å². The van der Waals surface area contributed by atoms with Crippen LogP contribution in [0.25, 0.3) is 11.1 Å². The van der Waals surface area contributed by atoms with E-state index in [1.54, 1.807) is 17.0 Å². The molecule has 1 aliphatic heterocycles. The summed E-state index contributed by atoms with van der Waals surface area (Å²) in [6.45, 7) is 0.864. The highest BCUT2D eigenvalue weighted by molar-refractivity contribution is 5.96. The van der Waals surface area contributed by atoms with Gasteiger partial charge in [-0.3, -0.25) is 9.59 Å². The minimum atomic E-state index is -1.67. The quantitative estimate of drug-likeness (QED) is 0.586. The largest absolute Gasteiger partial charge is 0.335 e. The molecule has 31 heavy (non-hydrogen) atoms. The fourth-order valence-corrected chi connectivity index (χ4v) is 3.59. The van der Waals surface area contributed by atoms with E-state index >= 15 is 0 Å². The van der Waals surface area contributed by atoms with Gasteiger partial charge in [-0.25, -0.2) is 13.2 Å². The van der Waals surface area contributed by atoms with Gasteiger partial charge in [-0.1, -0.05) is 42.5 Å². The molecule has 0 N–H and O–H groups in total. The molecule has 0 aromatic heterocycles. The minimum Gasteiger partial charge on any atom is -0.335 e. The number of benzene rings is 3. The maximum Gasteiger partial charge on any atom is 0.257 e. The Labute approximate surface area is 177 Å². The molecule has 4 rings (SSSR count). The summed E-state index contributed by atoms with van der Waals surface area (Å²) < 4.78 is 40.5. The Bertz CT molecular complexity index is 1110. The van der Waals surface area contributed by atoms with Crippen LogP contribution in [0.4, 0.5) is 13.2 Å². The molecule has 0 bridgehead atoms. The van der Waals surface area contributed by atoms with E-state index in [-0.39, 0.29) is 32.1 Å². The second-order valence-electron chi connectivity index (χ2n) is 7.25. The SMILES string of the molecule is O=C(c1ccc(-c2ccccc2)cc1)N1CCN(C(=O)c2ccc(F)c(F)c2F)CC1. The first kappa shape index (κ1) is 20.7. The van der Waals surface area contributed by atoms with Gasteiger partial charge in [0.2, 0.25) is 0 Å². The molecule has 1 heterocycles. The van der Waals surface area contributed by atoms with Gasteiger partial charge in [0, 0.05) is 31.7 Å². The van der Waals surface area contributed by atoms with E-state index < -0.39 is 28.9 Å². The minimum absolute atomic E-state index is 0.161. The molecule has 0 saturated carbocycles. The molecule has 0 radical (unpaired) electrons. The number of hydrogen-bond acceptors (Lipinski definition) is 2. The molecule has 3 aromatic rings. The van der Waals surface area contributed by atoms with Gasteiger partial charge in [0.05, 0.1) is 5.56 Å². The van der Waals surface area contributed by atoms with E-state index in [1.165, 1.54) is 4.90 Å². The highest BCUT2D eigenvalue weighted by Crippen LogP contribution is 2.21. The van der Waals surface area contributed by atoms with E-state index in [2.05, 4.69) is 0 Å². The lowest BCUT2D eigenvalue weighted by Gasteiger charge is -2.35. The molecule has 158 valence electrons. The molecule has 7 heteroatoms. The number of hydrogen-bond donors (Lipinski definition) is 0.